The van der Waals surface area contributed by atoms with Gasteiger partial charge in [-0.05, 0) is 47.4 Å². The van der Waals surface area contributed by atoms with E-state index in [0.29, 0.717) is 25.6 Å². The highest BCUT2D eigenvalue weighted by atomic mass is 32.2. The van der Waals surface area contributed by atoms with Crippen LogP contribution in [0.2, 0.25) is 0 Å². The fourth-order valence-electron chi connectivity index (χ4n) is 3.14. The van der Waals surface area contributed by atoms with Gasteiger partial charge >= 0.3 is 0 Å². The Balaban J connectivity index is 1.67. The third-order valence-corrected chi connectivity index (χ3v) is 5.79. The summed E-state index contributed by atoms with van der Waals surface area (Å²) in [7, 11) is -3.70. The Kier molecular flexibility index (Phi) is 7.86. The second-order valence-corrected chi connectivity index (χ2v) is 8.65. The molecule has 0 spiro atoms. The quantitative estimate of drug-likeness (QED) is 0.350. The molecule has 8 heteroatoms. The molecule has 0 aliphatic rings. The molecule has 0 atom stereocenters. The van der Waals surface area contributed by atoms with Crippen molar-refractivity contribution in [1.82, 2.24) is 10.6 Å². The van der Waals surface area contributed by atoms with Gasteiger partial charge in [0.05, 0.1) is 17.7 Å². The van der Waals surface area contributed by atoms with E-state index in [-0.39, 0.29) is 4.90 Å². The van der Waals surface area contributed by atoms with Gasteiger partial charge in [-0.25, -0.2) is 18.5 Å². The number of hydrogen-bond acceptors (Lipinski definition) is 4. The molecular formula is C23H28N4O3S. The fraction of sp³-hybridized carbons (Fsp3) is 0.261. The molecular weight excluding hydrogens is 412 g/mol. The van der Waals surface area contributed by atoms with Crippen LogP contribution in [-0.2, 0) is 36.0 Å². The van der Waals surface area contributed by atoms with Gasteiger partial charge in [0, 0.05) is 19.5 Å². The summed E-state index contributed by atoms with van der Waals surface area (Å²) in [6.07, 6.45) is 3.37. The maximum absolute atomic E-state index is 11.4. The molecule has 0 amide bonds. The molecule has 0 bridgehead atoms. The van der Waals surface area contributed by atoms with E-state index in [1.165, 1.54) is 23.3 Å². The van der Waals surface area contributed by atoms with Crippen molar-refractivity contribution in [3.63, 3.8) is 0 Å². The van der Waals surface area contributed by atoms with Crippen LogP contribution in [0.5, 0.6) is 0 Å². The fourth-order valence-corrected chi connectivity index (χ4v) is 3.66. The van der Waals surface area contributed by atoms with Gasteiger partial charge in [0.2, 0.25) is 10.0 Å². The summed E-state index contributed by atoms with van der Waals surface area (Å²) >= 11 is 0. The van der Waals surface area contributed by atoms with E-state index >= 15 is 0 Å². The lowest BCUT2D eigenvalue weighted by Crippen LogP contribution is -2.38. The number of aryl methyl sites for hydroxylation is 1. The topological polar surface area (TPSA) is 110 Å². The van der Waals surface area contributed by atoms with Crippen molar-refractivity contribution in [2.24, 2.45) is 10.1 Å². The Bertz CT molecular complexity index is 1090. The summed E-state index contributed by atoms with van der Waals surface area (Å²) in [5, 5.41) is 11.9. The van der Waals surface area contributed by atoms with Gasteiger partial charge in [0.25, 0.3) is 0 Å². The monoisotopic (exact) mass is 440 g/mol. The number of aliphatic imine (C=N–C) groups is 1. The van der Waals surface area contributed by atoms with E-state index in [1.807, 2.05) is 24.3 Å². The van der Waals surface area contributed by atoms with Crippen molar-refractivity contribution in [2.75, 3.05) is 6.54 Å². The number of nitrogens with one attached hydrogen (secondary N) is 2. The molecule has 1 heterocycles. The normalized spacial score (nSPS) is 12.0. The molecule has 4 N–H and O–H groups in total. The minimum absolute atomic E-state index is 0.0892. The van der Waals surface area contributed by atoms with Crippen LogP contribution in [0.3, 0.4) is 0 Å². The van der Waals surface area contributed by atoms with Crippen molar-refractivity contribution in [2.45, 2.75) is 37.8 Å². The molecule has 0 saturated carbocycles. The molecule has 0 saturated heterocycles. The third kappa shape index (κ3) is 6.97. The van der Waals surface area contributed by atoms with E-state index in [0.717, 1.165) is 24.2 Å². The lowest BCUT2D eigenvalue weighted by Gasteiger charge is -2.14. The number of primary sulfonamides is 1. The summed E-state index contributed by atoms with van der Waals surface area (Å²) in [5.74, 6) is 1.58. The minimum Gasteiger partial charge on any atom is -0.469 e. The van der Waals surface area contributed by atoms with Crippen molar-refractivity contribution in [1.29, 1.82) is 0 Å². The van der Waals surface area contributed by atoms with E-state index in [4.69, 9.17) is 9.56 Å². The molecule has 3 aromatic rings. The van der Waals surface area contributed by atoms with Crippen molar-refractivity contribution in [3.8, 4) is 0 Å². The van der Waals surface area contributed by atoms with Crippen LogP contribution in [0.15, 0.2) is 81.2 Å². The molecule has 164 valence electrons. The van der Waals surface area contributed by atoms with Gasteiger partial charge in [-0.3, -0.25) is 0 Å². The van der Waals surface area contributed by atoms with Crippen LogP contribution in [0.1, 0.15) is 29.4 Å². The van der Waals surface area contributed by atoms with Crippen LogP contribution in [0.4, 0.5) is 0 Å². The Hall–Kier alpha value is -3.10. The first kappa shape index (κ1) is 22.6. The van der Waals surface area contributed by atoms with Crippen molar-refractivity contribution >= 4 is 16.0 Å². The Morgan fingerprint density at radius 2 is 1.74 bits per heavy atom. The molecule has 3 rings (SSSR count). The van der Waals surface area contributed by atoms with E-state index in [9.17, 15) is 8.42 Å². The van der Waals surface area contributed by atoms with Gasteiger partial charge < -0.3 is 15.1 Å². The van der Waals surface area contributed by atoms with Gasteiger partial charge in [0.1, 0.15) is 5.76 Å². The maximum Gasteiger partial charge on any atom is 0.238 e. The Morgan fingerprint density at radius 1 is 1.00 bits per heavy atom. The zero-order valence-electron chi connectivity index (χ0n) is 17.5. The highest BCUT2D eigenvalue weighted by Crippen LogP contribution is 2.11. The summed E-state index contributed by atoms with van der Waals surface area (Å²) in [5.41, 5.74) is 3.40. The summed E-state index contributed by atoms with van der Waals surface area (Å²) in [6.45, 7) is 3.86. The van der Waals surface area contributed by atoms with Crippen LogP contribution < -0.4 is 15.8 Å². The van der Waals surface area contributed by atoms with Gasteiger partial charge in [-0.1, -0.05) is 43.3 Å². The average Bonchev–Trinajstić information content (AvgIpc) is 3.28. The minimum atomic E-state index is -3.70. The first-order valence-corrected chi connectivity index (χ1v) is 11.7. The van der Waals surface area contributed by atoms with E-state index < -0.39 is 10.0 Å². The van der Waals surface area contributed by atoms with E-state index in [2.05, 4.69) is 34.7 Å². The zero-order valence-corrected chi connectivity index (χ0v) is 18.4. The molecule has 0 radical (unpaired) electrons. The lowest BCUT2D eigenvalue weighted by atomic mass is 10.1. The highest BCUT2D eigenvalue weighted by Gasteiger charge is 2.07. The SMILES string of the molecule is CCc1ccccc1CNC(=NCc1ccc(S(N)(=O)=O)cc1)NCCc1ccco1. The number of nitrogens with two attached hydrogens (primary N) is 1. The molecule has 0 unspecified atom stereocenters. The largest absolute Gasteiger partial charge is 0.469 e. The summed E-state index contributed by atoms with van der Waals surface area (Å²) in [4.78, 5) is 4.75. The number of nitrogens with zero attached hydrogens (tertiary/aromatic N) is 1. The summed E-state index contributed by atoms with van der Waals surface area (Å²) in [6, 6.07) is 18.6. The second kappa shape index (κ2) is 10.8. The number of rotatable bonds is 9. The molecule has 0 fully saturated rings. The molecule has 0 aliphatic carbocycles. The second-order valence-electron chi connectivity index (χ2n) is 7.09. The lowest BCUT2D eigenvalue weighted by molar-refractivity contribution is 0.506. The standard InChI is InChI=1S/C23H28N4O3S/c1-2-19-6-3-4-7-20(19)17-27-23(25-14-13-21-8-5-15-30-21)26-16-18-9-11-22(12-10-18)31(24,28)29/h3-12,15H,2,13-14,16-17H2,1H3,(H2,24,28,29)(H2,25,26,27). The number of furan rings is 1. The number of benzene rings is 2. The number of sulfonamides is 1. The van der Waals surface area contributed by atoms with Crippen LogP contribution in [0, 0.1) is 0 Å². The molecule has 1 aromatic heterocycles. The molecule has 31 heavy (non-hydrogen) atoms. The predicted octanol–water partition coefficient (Wildman–Crippen LogP) is 2.97. The highest BCUT2D eigenvalue weighted by molar-refractivity contribution is 7.89. The molecule has 0 aliphatic heterocycles. The van der Waals surface area contributed by atoms with Crippen LogP contribution in [-0.4, -0.2) is 20.9 Å². The van der Waals surface area contributed by atoms with Gasteiger partial charge in [0.15, 0.2) is 5.96 Å². The van der Waals surface area contributed by atoms with Crippen LogP contribution in [0.25, 0.3) is 0 Å². The van der Waals surface area contributed by atoms with E-state index in [1.54, 1.807) is 18.4 Å². The van der Waals surface area contributed by atoms with Crippen molar-refractivity contribution in [3.05, 3.63) is 89.4 Å². The smallest absolute Gasteiger partial charge is 0.238 e. The first-order valence-electron chi connectivity index (χ1n) is 10.2. The number of guanidine groups is 1. The number of hydrogen-bond donors (Lipinski definition) is 3. The third-order valence-electron chi connectivity index (χ3n) is 4.86. The van der Waals surface area contributed by atoms with Crippen LogP contribution >= 0.6 is 0 Å². The van der Waals surface area contributed by atoms with Crippen molar-refractivity contribution < 1.29 is 12.8 Å². The molecule has 7 nitrogen and oxygen atoms in total. The predicted molar refractivity (Wildman–Crippen MR) is 122 cm³/mol. The Labute approximate surface area is 183 Å². The van der Waals surface area contributed by atoms with Gasteiger partial charge in [-0.15, -0.1) is 0 Å². The first-order chi connectivity index (χ1) is 15.0. The average molecular weight is 441 g/mol. The molecule has 2 aromatic carbocycles. The maximum atomic E-state index is 11.4. The zero-order chi connectivity index (χ0) is 22.1. The Morgan fingerprint density at radius 3 is 2.39 bits per heavy atom. The van der Waals surface area contributed by atoms with Gasteiger partial charge in [-0.2, -0.15) is 0 Å². The summed E-state index contributed by atoms with van der Waals surface area (Å²) < 4.78 is 28.2.